The molecule has 0 aliphatic heterocycles. The summed E-state index contributed by atoms with van der Waals surface area (Å²) in [5, 5.41) is 0. The van der Waals surface area contributed by atoms with E-state index in [0.29, 0.717) is 6.42 Å². The molecule has 2 rings (SSSR count). The van der Waals surface area contributed by atoms with Gasteiger partial charge in [-0.3, -0.25) is 4.79 Å². The molecule has 0 N–H and O–H groups in total. The van der Waals surface area contributed by atoms with Crippen LogP contribution in [0, 0.1) is 0 Å². The molecule has 0 aliphatic carbocycles. The molecule has 2 aromatic rings. The molecule has 21 heavy (non-hydrogen) atoms. The van der Waals surface area contributed by atoms with E-state index >= 15 is 0 Å². The van der Waals surface area contributed by atoms with Crippen LogP contribution < -0.4 is 4.90 Å². The second-order valence-electron chi connectivity index (χ2n) is 5.27. The van der Waals surface area contributed by atoms with E-state index in [1.165, 1.54) is 5.56 Å². The molecular weight excluding hydrogens is 258 g/mol. The zero-order chi connectivity index (χ0) is 15.1. The normalized spacial score (nSPS) is 10.8. The van der Waals surface area contributed by atoms with Crippen LogP contribution in [0.5, 0.6) is 0 Å². The van der Waals surface area contributed by atoms with Gasteiger partial charge in [0.15, 0.2) is 5.78 Å². The minimum Gasteiger partial charge on any atom is -0.378 e. The lowest BCUT2D eigenvalue weighted by molar-refractivity contribution is -0.114. The van der Waals surface area contributed by atoms with E-state index in [4.69, 9.17) is 0 Å². The van der Waals surface area contributed by atoms with Crippen LogP contribution in [0.15, 0.2) is 60.7 Å². The van der Waals surface area contributed by atoms with E-state index < -0.39 is 0 Å². The fourth-order valence-electron chi connectivity index (χ4n) is 2.07. The van der Waals surface area contributed by atoms with Gasteiger partial charge < -0.3 is 4.90 Å². The topological polar surface area (TPSA) is 20.3 Å². The standard InChI is InChI=1S/C19H21NO/c1-20(2)18-12-8-17(9-13-18)11-15-19(21)14-10-16-6-4-3-5-7-16/h3-9,11-13,15H,10,14H2,1-2H3. The van der Waals surface area contributed by atoms with Gasteiger partial charge in [0.1, 0.15) is 0 Å². The van der Waals surface area contributed by atoms with Crippen molar-refractivity contribution in [3.8, 4) is 0 Å². The van der Waals surface area contributed by atoms with Crippen molar-refractivity contribution >= 4 is 17.5 Å². The van der Waals surface area contributed by atoms with Crippen LogP contribution in [-0.4, -0.2) is 19.9 Å². The maximum atomic E-state index is 11.9. The lowest BCUT2D eigenvalue weighted by Gasteiger charge is -2.11. The van der Waals surface area contributed by atoms with Crippen LogP contribution in [-0.2, 0) is 11.2 Å². The highest BCUT2D eigenvalue weighted by Gasteiger charge is 1.99. The largest absolute Gasteiger partial charge is 0.378 e. The van der Waals surface area contributed by atoms with Crippen molar-refractivity contribution in [3.05, 3.63) is 71.8 Å². The van der Waals surface area contributed by atoms with Crippen molar-refractivity contribution in [3.63, 3.8) is 0 Å². The molecular formula is C19H21NO. The van der Waals surface area contributed by atoms with Gasteiger partial charge in [-0.2, -0.15) is 0 Å². The SMILES string of the molecule is CN(C)c1ccc(C=CC(=O)CCc2ccccc2)cc1. The molecule has 0 aliphatic rings. The van der Waals surface area contributed by atoms with Gasteiger partial charge in [-0.15, -0.1) is 0 Å². The smallest absolute Gasteiger partial charge is 0.156 e. The Morgan fingerprint density at radius 1 is 1.00 bits per heavy atom. The van der Waals surface area contributed by atoms with Crippen molar-refractivity contribution in [1.29, 1.82) is 0 Å². The first kappa shape index (κ1) is 15.0. The Labute approximate surface area is 126 Å². The van der Waals surface area contributed by atoms with Crippen molar-refractivity contribution in [2.24, 2.45) is 0 Å². The van der Waals surface area contributed by atoms with Crippen LogP contribution in [0.1, 0.15) is 17.5 Å². The third kappa shape index (κ3) is 4.92. The first-order valence-corrected chi connectivity index (χ1v) is 7.17. The Bertz CT molecular complexity index is 597. The summed E-state index contributed by atoms with van der Waals surface area (Å²) in [5.41, 5.74) is 3.41. The summed E-state index contributed by atoms with van der Waals surface area (Å²) in [6, 6.07) is 18.2. The summed E-state index contributed by atoms with van der Waals surface area (Å²) in [6.07, 6.45) is 4.90. The molecule has 2 aromatic carbocycles. The Kier molecular flexibility index (Phi) is 5.33. The number of nitrogens with zero attached hydrogens (tertiary/aromatic N) is 1. The summed E-state index contributed by atoms with van der Waals surface area (Å²) >= 11 is 0. The van der Waals surface area contributed by atoms with E-state index in [2.05, 4.69) is 17.0 Å². The molecule has 0 amide bonds. The quantitative estimate of drug-likeness (QED) is 0.746. The minimum atomic E-state index is 0.163. The summed E-state index contributed by atoms with van der Waals surface area (Å²) < 4.78 is 0. The number of hydrogen-bond donors (Lipinski definition) is 0. The molecule has 0 atom stereocenters. The summed E-state index contributed by atoms with van der Waals surface area (Å²) in [5.74, 6) is 0.163. The lowest BCUT2D eigenvalue weighted by Crippen LogP contribution is -2.07. The molecule has 0 aromatic heterocycles. The number of hydrogen-bond acceptors (Lipinski definition) is 2. The molecule has 108 valence electrons. The van der Waals surface area contributed by atoms with Crippen LogP contribution in [0.25, 0.3) is 6.08 Å². The van der Waals surface area contributed by atoms with Crippen molar-refractivity contribution in [1.82, 2.24) is 0 Å². The van der Waals surface area contributed by atoms with Gasteiger partial charge in [0, 0.05) is 26.2 Å². The van der Waals surface area contributed by atoms with Crippen molar-refractivity contribution < 1.29 is 4.79 Å². The fraction of sp³-hybridized carbons (Fsp3) is 0.211. The predicted molar refractivity (Wildman–Crippen MR) is 89.6 cm³/mol. The number of anilines is 1. The van der Waals surface area contributed by atoms with Crippen LogP contribution in [0.2, 0.25) is 0 Å². The third-order valence-corrected chi connectivity index (χ3v) is 3.37. The molecule has 0 unspecified atom stereocenters. The Morgan fingerprint density at radius 3 is 2.29 bits per heavy atom. The number of aryl methyl sites for hydroxylation is 1. The number of carbonyl (C=O) groups excluding carboxylic acids is 1. The van der Waals surface area contributed by atoms with Gasteiger partial charge in [0.05, 0.1) is 0 Å². The fourth-order valence-corrected chi connectivity index (χ4v) is 2.07. The summed E-state index contributed by atoms with van der Waals surface area (Å²) in [6.45, 7) is 0. The molecule has 0 saturated carbocycles. The number of ketones is 1. The van der Waals surface area contributed by atoms with E-state index in [0.717, 1.165) is 17.7 Å². The Morgan fingerprint density at radius 2 is 1.67 bits per heavy atom. The van der Waals surface area contributed by atoms with Gasteiger partial charge in [0.25, 0.3) is 0 Å². The van der Waals surface area contributed by atoms with Crippen LogP contribution in [0.4, 0.5) is 5.69 Å². The highest BCUT2D eigenvalue weighted by molar-refractivity contribution is 5.93. The Hall–Kier alpha value is -2.35. The van der Waals surface area contributed by atoms with E-state index in [-0.39, 0.29) is 5.78 Å². The average molecular weight is 279 g/mol. The maximum Gasteiger partial charge on any atom is 0.156 e. The van der Waals surface area contributed by atoms with Crippen LogP contribution in [0.3, 0.4) is 0 Å². The van der Waals surface area contributed by atoms with Gasteiger partial charge in [0.2, 0.25) is 0 Å². The maximum absolute atomic E-state index is 11.9. The number of allylic oxidation sites excluding steroid dienone is 1. The van der Waals surface area contributed by atoms with Crippen molar-refractivity contribution in [2.75, 3.05) is 19.0 Å². The van der Waals surface area contributed by atoms with Crippen LogP contribution >= 0.6 is 0 Å². The third-order valence-electron chi connectivity index (χ3n) is 3.37. The van der Waals surface area contributed by atoms with Gasteiger partial charge >= 0.3 is 0 Å². The van der Waals surface area contributed by atoms with Gasteiger partial charge in [-0.25, -0.2) is 0 Å². The van der Waals surface area contributed by atoms with E-state index in [9.17, 15) is 4.79 Å². The summed E-state index contributed by atoms with van der Waals surface area (Å²) in [4.78, 5) is 13.9. The zero-order valence-electron chi connectivity index (χ0n) is 12.6. The highest BCUT2D eigenvalue weighted by atomic mass is 16.1. The molecule has 0 heterocycles. The second-order valence-corrected chi connectivity index (χ2v) is 5.27. The van der Waals surface area contributed by atoms with Crippen molar-refractivity contribution in [2.45, 2.75) is 12.8 Å². The number of carbonyl (C=O) groups is 1. The molecule has 0 radical (unpaired) electrons. The molecule has 2 nitrogen and oxygen atoms in total. The number of rotatable bonds is 6. The van der Waals surface area contributed by atoms with Gasteiger partial charge in [-0.1, -0.05) is 48.5 Å². The molecule has 2 heteroatoms. The van der Waals surface area contributed by atoms with Gasteiger partial charge in [-0.05, 0) is 35.8 Å². The molecule has 0 saturated heterocycles. The molecule has 0 spiro atoms. The first-order valence-electron chi connectivity index (χ1n) is 7.17. The molecule has 0 bridgehead atoms. The lowest BCUT2D eigenvalue weighted by atomic mass is 10.1. The average Bonchev–Trinajstić information content (AvgIpc) is 2.52. The second kappa shape index (κ2) is 7.44. The first-order chi connectivity index (χ1) is 10.1. The highest BCUT2D eigenvalue weighted by Crippen LogP contribution is 2.13. The Balaban J connectivity index is 1.87. The predicted octanol–water partition coefficient (Wildman–Crippen LogP) is 3.97. The van der Waals surface area contributed by atoms with E-state index in [1.807, 2.05) is 62.6 Å². The molecule has 0 fully saturated rings. The zero-order valence-corrected chi connectivity index (χ0v) is 12.6. The minimum absolute atomic E-state index is 0.163. The number of benzene rings is 2. The monoisotopic (exact) mass is 279 g/mol. The summed E-state index contributed by atoms with van der Waals surface area (Å²) in [7, 11) is 4.02. The van der Waals surface area contributed by atoms with E-state index in [1.54, 1.807) is 6.08 Å².